The summed E-state index contributed by atoms with van der Waals surface area (Å²) in [5.74, 6) is 0.787. The fourth-order valence-electron chi connectivity index (χ4n) is 1.07. The second kappa shape index (κ2) is 6.84. The summed E-state index contributed by atoms with van der Waals surface area (Å²) in [6.45, 7) is -0.139. The lowest BCUT2D eigenvalue weighted by Gasteiger charge is -2.12. The number of ether oxygens (including phenoxy) is 1. The van der Waals surface area contributed by atoms with Crippen LogP contribution in [0.4, 0.5) is 26.6 Å². The molecule has 0 aromatic carbocycles. The first kappa shape index (κ1) is 14.3. The number of aromatic nitrogens is 3. The lowest BCUT2D eigenvalue weighted by atomic mass is 10.6. The predicted molar refractivity (Wildman–Crippen MR) is 63.9 cm³/mol. The van der Waals surface area contributed by atoms with Crippen LogP contribution in [0.1, 0.15) is 0 Å². The third-order valence-electron chi connectivity index (χ3n) is 1.81. The zero-order chi connectivity index (χ0) is 13.5. The molecule has 0 aliphatic rings. The van der Waals surface area contributed by atoms with Gasteiger partial charge in [0, 0.05) is 20.6 Å². The second-order valence-electron chi connectivity index (χ2n) is 3.60. The monoisotopic (exact) mass is 262 g/mol. The van der Waals surface area contributed by atoms with Crippen molar-refractivity contribution in [1.29, 1.82) is 0 Å². The maximum absolute atomic E-state index is 11.8. The minimum atomic E-state index is -2.46. The molecule has 0 atom stereocenters. The SMILES string of the molecule is CN(C)c1nc(N)nc(NCCOCC(F)F)n1. The molecule has 3 N–H and O–H groups in total. The van der Waals surface area contributed by atoms with Crippen molar-refractivity contribution >= 4 is 17.8 Å². The van der Waals surface area contributed by atoms with Crippen molar-refractivity contribution in [3.8, 4) is 0 Å². The van der Waals surface area contributed by atoms with Crippen molar-refractivity contribution in [3.05, 3.63) is 0 Å². The molecular weight excluding hydrogens is 246 g/mol. The molecule has 0 saturated heterocycles. The molecule has 9 heteroatoms. The smallest absolute Gasteiger partial charge is 0.261 e. The molecule has 0 amide bonds. The van der Waals surface area contributed by atoms with Crippen molar-refractivity contribution in [2.24, 2.45) is 0 Å². The van der Waals surface area contributed by atoms with E-state index in [0.717, 1.165) is 0 Å². The van der Waals surface area contributed by atoms with Gasteiger partial charge in [0.15, 0.2) is 0 Å². The zero-order valence-corrected chi connectivity index (χ0v) is 10.2. The van der Waals surface area contributed by atoms with Gasteiger partial charge >= 0.3 is 0 Å². The van der Waals surface area contributed by atoms with Crippen LogP contribution < -0.4 is 16.0 Å². The molecule has 0 aliphatic carbocycles. The molecule has 18 heavy (non-hydrogen) atoms. The zero-order valence-electron chi connectivity index (χ0n) is 10.2. The van der Waals surface area contributed by atoms with Crippen LogP contribution in [0.25, 0.3) is 0 Å². The van der Waals surface area contributed by atoms with E-state index in [1.807, 2.05) is 0 Å². The molecule has 0 bridgehead atoms. The third kappa shape index (κ3) is 5.04. The first-order valence-corrected chi connectivity index (χ1v) is 5.27. The van der Waals surface area contributed by atoms with Gasteiger partial charge in [-0.1, -0.05) is 0 Å². The normalized spacial score (nSPS) is 10.7. The topological polar surface area (TPSA) is 89.2 Å². The molecule has 0 fully saturated rings. The Bertz CT molecular complexity index is 376. The molecule has 0 unspecified atom stereocenters. The van der Waals surface area contributed by atoms with Crippen molar-refractivity contribution in [1.82, 2.24) is 15.0 Å². The summed E-state index contributed by atoms with van der Waals surface area (Å²) < 4.78 is 28.3. The van der Waals surface area contributed by atoms with Gasteiger partial charge < -0.3 is 20.7 Å². The molecule has 0 spiro atoms. The number of nitrogens with one attached hydrogen (secondary N) is 1. The van der Waals surface area contributed by atoms with E-state index in [9.17, 15) is 8.78 Å². The summed E-state index contributed by atoms with van der Waals surface area (Å²) >= 11 is 0. The van der Waals surface area contributed by atoms with E-state index in [0.29, 0.717) is 12.5 Å². The molecule has 7 nitrogen and oxygen atoms in total. The first-order chi connectivity index (χ1) is 8.49. The van der Waals surface area contributed by atoms with Gasteiger partial charge in [0.05, 0.1) is 6.61 Å². The Hall–Kier alpha value is -1.77. The summed E-state index contributed by atoms with van der Waals surface area (Å²) in [6, 6.07) is 0. The molecule has 1 rings (SSSR count). The maximum atomic E-state index is 11.8. The standard InChI is InChI=1S/C9H16F2N6O/c1-17(2)9-15-7(12)14-8(16-9)13-3-4-18-5-6(10)11/h6H,3-5H2,1-2H3,(H3,12,13,14,15,16). The second-order valence-corrected chi connectivity index (χ2v) is 3.60. The number of nitrogen functional groups attached to an aromatic ring is 1. The van der Waals surface area contributed by atoms with Gasteiger partial charge in [-0.2, -0.15) is 15.0 Å². The Morgan fingerprint density at radius 1 is 1.33 bits per heavy atom. The van der Waals surface area contributed by atoms with Crippen molar-refractivity contribution in [2.45, 2.75) is 6.43 Å². The van der Waals surface area contributed by atoms with E-state index >= 15 is 0 Å². The average Bonchev–Trinajstić information content (AvgIpc) is 2.27. The van der Waals surface area contributed by atoms with Crippen molar-refractivity contribution in [2.75, 3.05) is 49.8 Å². The number of hydrogen-bond donors (Lipinski definition) is 2. The Morgan fingerprint density at radius 3 is 2.67 bits per heavy atom. The highest BCUT2D eigenvalue weighted by atomic mass is 19.3. The van der Waals surface area contributed by atoms with Crippen LogP contribution in [-0.2, 0) is 4.74 Å². The van der Waals surface area contributed by atoms with E-state index in [-0.39, 0.29) is 18.5 Å². The quantitative estimate of drug-likeness (QED) is 0.679. The summed E-state index contributed by atoms with van der Waals surface area (Å²) in [5, 5.41) is 2.82. The molecule has 0 radical (unpaired) electrons. The average molecular weight is 262 g/mol. The first-order valence-electron chi connectivity index (χ1n) is 5.27. The molecule has 102 valence electrons. The summed E-state index contributed by atoms with van der Waals surface area (Å²) in [6.07, 6.45) is -2.46. The van der Waals surface area contributed by atoms with Gasteiger partial charge in [0.2, 0.25) is 17.8 Å². The predicted octanol–water partition coefficient (Wildman–Crippen LogP) is 0.213. The lowest BCUT2D eigenvalue weighted by molar-refractivity contribution is 0.0214. The Labute approximate surface area is 103 Å². The highest BCUT2D eigenvalue weighted by molar-refractivity contribution is 5.40. The van der Waals surface area contributed by atoms with Gasteiger partial charge in [0.25, 0.3) is 6.43 Å². The summed E-state index contributed by atoms with van der Waals surface area (Å²) in [7, 11) is 3.54. The fourth-order valence-corrected chi connectivity index (χ4v) is 1.07. The van der Waals surface area contributed by atoms with Crippen LogP contribution in [0.15, 0.2) is 0 Å². The lowest BCUT2D eigenvalue weighted by Crippen LogP contribution is -2.18. The molecular formula is C9H16F2N6O. The van der Waals surface area contributed by atoms with Crippen LogP contribution in [0.5, 0.6) is 0 Å². The van der Waals surface area contributed by atoms with Crippen LogP contribution in [0.3, 0.4) is 0 Å². The van der Waals surface area contributed by atoms with E-state index < -0.39 is 13.0 Å². The van der Waals surface area contributed by atoms with Gasteiger partial charge in [-0.15, -0.1) is 0 Å². The van der Waals surface area contributed by atoms with Crippen molar-refractivity contribution < 1.29 is 13.5 Å². The molecule has 0 aliphatic heterocycles. The Balaban J connectivity index is 2.42. The number of anilines is 3. The Kier molecular flexibility index (Phi) is 5.43. The minimum absolute atomic E-state index is 0.0877. The van der Waals surface area contributed by atoms with Crippen molar-refractivity contribution in [3.63, 3.8) is 0 Å². The maximum Gasteiger partial charge on any atom is 0.261 e. The molecule has 1 aromatic rings. The van der Waals surface area contributed by atoms with Crippen LogP contribution >= 0.6 is 0 Å². The number of rotatable bonds is 7. The number of hydrogen-bond acceptors (Lipinski definition) is 7. The molecule has 1 heterocycles. The summed E-state index contributed by atoms with van der Waals surface area (Å²) in [4.78, 5) is 13.5. The highest BCUT2D eigenvalue weighted by Crippen LogP contribution is 2.08. The van der Waals surface area contributed by atoms with E-state index in [1.54, 1.807) is 19.0 Å². The number of nitrogens with zero attached hydrogens (tertiary/aromatic N) is 4. The molecule has 1 aromatic heterocycles. The van der Waals surface area contributed by atoms with E-state index in [2.05, 4.69) is 20.3 Å². The number of alkyl halides is 2. The number of nitrogens with two attached hydrogens (primary N) is 1. The third-order valence-corrected chi connectivity index (χ3v) is 1.81. The summed E-state index contributed by atoms with van der Waals surface area (Å²) in [5.41, 5.74) is 5.51. The van der Waals surface area contributed by atoms with Gasteiger partial charge in [-0.05, 0) is 0 Å². The van der Waals surface area contributed by atoms with Crippen LogP contribution in [0.2, 0.25) is 0 Å². The van der Waals surface area contributed by atoms with E-state index in [4.69, 9.17) is 10.5 Å². The van der Waals surface area contributed by atoms with Gasteiger partial charge in [-0.25, -0.2) is 8.78 Å². The van der Waals surface area contributed by atoms with Gasteiger partial charge in [-0.3, -0.25) is 0 Å². The Morgan fingerprint density at radius 2 is 2.06 bits per heavy atom. The molecule has 0 saturated carbocycles. The van der Waals surface area contributed by atoms with Gasteiger partial charge in [0.1, 0.15) is 6.61 Å². The van der Waals surface area contributed by atoms with E-state index in [1.165, 1.54) is 0 Å². The largest absolute Gasteiger partial charge is 0.374 e. The van der Waals surface area contributed by atoms with Crippen LogP contribution in [0, 0.1) is 0 Å². The number of halogens is 2. The van der Waals surface area contributed by atoms with Crippen LogP contribution in [-0.4, -0.2) is 55.2 Å². The highest BCUT2D eigenvalue weighted by Gasteiger charge is 2.06. The minimum Gasteiger partial charge on any atom is -0.374 e. The fraction of sp³-hybridized carbons (Fsp3) is 0.667.